The van der Waals surface area contributed by atoms with Gasteiger partial charge in [0.1, 0.15) is 5.82 Å². The van der Waals surface area contributed by atoms with Gasteiger partial charge in [-0.25, -0.2) is 4.39 Å². The lowest BCUT2D eigenvalue weighted by atomic mass is 10.2. The Morgan fingerprint density at radius 2 is 2.33 bits per heavy atom. The number of thiol groups is 1. The summed E-state index contributed by atoms with van der Waals surface area (Å²) in [7, 11) is 0. The van der Waals surface area contributed by atoms with Crippen molar-refractivity contribution in [1.82, 2.24) is 5.32 Å². The molecule has 5 heteroatoms. The summed E-state index contributed by atoms with van der Waals surface area (Å²) >= 11 is 9.57. The van der Waals surface area contributed by atoms with Gasteiger partial charge in [-0.15, -0.1) is 0 Å². The third-order valence-electron chi connectivity index (χ3n) is 1.83. The first-order chi connectivity index (χ1) is 7.00. The maximum absolute atomic E-state index is 12.8. The lowest BCUT2D eigenvalue weighted by molar-refractivity contribution is -0.120. The van der Waals surface area contributed by atoms with Gasteiger partial charge in [0.25, 0.3) is 0 Å². The van der Waals surface area contributed by atoms with Crippen molar-refractivity contribution in [2.45, 2.75) is 18.7 Å². The Labute approximate surface area is 98.2 Å². The molecular weight excluding hydrogens is 237 g/mol. The van der Waals surface area contributed by atoms with E-state index < -0.39 is 5.82 Å². The fraction of sp³-hybridized carbons (Fsp3) is 0.300. The first kappa shape index (κ1) is 12.3. The number of benzene rings is 1. The Hall–Kier alpha value is -0.740. The van der Waals surface area contributed by atoms with E-state index in [4.69, 9.17) is 11.6 Å². The molecule has 1 rings (SSSR count). The molecule has 2 nitrogen and oxygen atoms in total. The molecule has 0 bridgehead atoms. The molecule has 0 radical (unpaired) electrons. The van der Waals surface area contributed by atoms with E-state index in [-0.39, 0.29) is 16.2 Å². The van der Waals surface area contributed by atoms with Gasteiger partial charge >= 0.3 is 0 Å². The molecule has 0 aliphatic rings. The topological polar surface area (TPSA) is 29.1 Å². The van der Waals surface area contributed by atoms with E-state index in [1.165, 1.54) is 12.1 Å². The van der Waals surface area contributed by atoms with E-state index in [1.54, 1.807) is 13.0 Å². The summed E-state index contributed by atoms with van der Waals surface area (Å²) in [5.74, 6) is -0.631. The van der Waals surface area contributed by atoms with Gasteiger partial charge in [-0.05, 0) is 24.6 Å². The van der Waals surface area contributed by atoms with Gasteiger partial charge in [-0.2, -0.15) is 12.6 Å². The van der Waals surface area contributed by atoms with Gasteiger partial charge in [-0.3, -0.25) is 4.79 Å². The molecule has 1 aromatic carbocycles. The molecule has 1 atom stereocenters. The lowest BCUT2D eigenvalue weighted by Crippen LogP contribution is -2.29. The first-order valence-corrected chi connectivity index (χ1v) is 5.30. The molecule has 1 N–H and O–H groups in total. The summed E-state index contributed by atoms with van der Waals surface area (Å²) in [4.78, 5) is 11.2. The summed E-state index contributed by atoms with van der Waals surface area (Å²) in [5.41, 5.74) is 0.753. The van der Waals surface area contributed by atoms with Crippen molar-refractivity contribution >= 4 is 30.1 Å². The van der Waals surface area contributed by atoms with Gasteiger partial charge in [0.2, 0.25) is 5.91 Å². The van der Waals surface area contributed by atoms with Crippen molar-refractivity contribution in [3.63, 3.8) is 0 Å². The van der Waals surface area contributed by atoms with Crippen LogP contribution in [0.4, 0.5) is 4.39 Å². The lowest BCUT2D eigenvalue weighted by Gasteiger charge is -2.07. The number of carbonyl (C=O) groups is 1. The minimum Gasteiger partial charge on any atom is -0.351 e. The molecule has 15 heavy (non-hydrogen) atoms. The first-order valence-electron chi connectivity index (χ1n) is 4.40. The quantitative estimate of drug-likeness (QED) is 0.790. The van der Waals surface area contributed by atoms with E-state index in [9.17, 15) is 9.18 Å². The van der Waals surface area contributed by atoms with E-state index in [2.05, 4.69) is 17.9 Å². The standard InChI is InChI=1S/C10H11ClFNOS/c1-6(15)10(14)13-5-7-2-3-9(12)8(11)4-7/h2-4,6,15H,5H2,1H3,(H,13,14). The fourth-order valence-electron chi connectivity index (χ4n) is 0.986. The number of halogens is 2. The Balaban J connectivity index is 2.58. The van der Waals surface area contributed by atoms with Crippen LogP contribution in [-0.2, 0) is 11.3 Å². The van der Waals surface area contributed by atoms with E-state index >= 15 is 0 Å². The summed E-state index contributed by atoms with van der Waals surface area (Å²) in [5, 5.41) is 2.34. The minimum absolute atomic E-state index is 0.0562. The van der Waals surface area contributed by atoms with Crippen LogP contribution in [0.5, 0.6) is 0 Å². The van der Waals surface area contributed by atoms with Crippen molar-refractivity contribution in [3.8, 4) is 0 Å². The second kappa shape index (κ2) is 5.37. The van der Waals surface area contributed by atoms with Gasteiger partial charge in [-0.1, -0.05) is 17.7 Å². The van der Waals surface area contributed by atoms with Gasteiger partial charge in [0.05, 0.1) is 10.3 Å². The predicted molar refractivity (Wildman–Crippen MR) is 61.7 cm³/mol. The van der Waals surface area contributed by atoms with Crippen LogP contribution in [0.3, 0.4) is 0 Å². The zero-order valence-electron chi connectivity index (χ0n) is 8.13. The van der Waals surface area contributed by atoms with Gasteiger partial charge < -0.3 is 5.32 Å². The molecule has 0 saturated heterocycles. The molecular formula is C10H11ClFNOS. The molecule has 0 saturated carbocycles. The second-order valence-corrected chi connectivity index (χ2v) is 4.32. The average Bonchev–Trinajstić information content (AvgIpc) is 2.19. The number of rotatable bonds is 3. The summed E-state index contributed by atoms with van der Waals surface area (Å²) in [6.45, 7) is 2.00. The average molecular weight is 248 g/mol. The summed E-state index contributed by atoms with van der Waals surface area (Å²) in [6, 6.07) is 4.33. The number of amides is 1. The maximum Gasteiger partial charge on any atom is 0.232 e. The molecule has 1 amide bonds. The third-order valence-corrected chi connectivity index (χ3v) is 2.35. The zero-order valence-corrected chi connectivity index (χ0v) is 9.78. The number of carbonyl (C=O) groups excluding carboxylic acids is 1. The predicted octanol–water partition coefficient (Wildman–Crippen LogP) is 2.41. The Morgan fingerprint density at radius 1 is 1.67 bits per heavy atom. The Kier molecular flexibility index (Phi) is 4.42. The van der Waals surface area contributed by atoms with Crippen LogP contribution >= 0.6 is 24.2 Å². The normalized spacial score (nSPS) is 12.3. The van der Waals surface area contributed by atoms with E-state index in [0.29, 0.717) is 6.54 Å². The molecule has 82 valence electrons. The number of nitrogens with one attached hydrogen (secondary N) is 1. The van der Waals surface area contributed by atoms with Crippen LogP contribution in [0.25, 0.3) is 0 Å². The van der Waals surface area contributed by atoms with Crippen LogP contribution < -0.4 is 5.32 Å². The fourth-order valence-corrected chi connectivity index (χ4v) is 1.28. The SMILES string of the molecule is CC(S)C(=O)NCc1ccc(F)c(Cl)c1. The van der Waals surface area contributed by atoms with Crippen LogP contribution in [0.15, 0.2) is 18.2 Å². The Morgan fingerprint density at radius 3 is 2.87 bits per heavy atom. The van der Waals surface area contributed by atoms with Crippen molar-refractivity contribution in [1.29, 1.82) is 0 Å². The molecule has 1 aromatic rings. The molecule has 0 aliphatic heterocycles. The van der Waals surface area contributed by atoms with Crippen molar-refractivity contribution in [3.05, 3.63) is 34.6 Å². The molecule has 0 spiro atoms. The molecule has 0 aliphatic carbocycles. The van der Waals surface area contributed by atoms with Crippen LogP contribution in [0, 0.1) is 5.82 Å². The second-order valence-electron chi connectivity index (χ2n) is 3.14. The van der Waals surface area contributed by atoms with Crippen molar-refractivity contribution < 1.29 is 9.18 Å². The van der Waals surface area contributed by atoms with Crippen molar-refractivity contribution in [2.75, 3.05) is 0 Å². The molecule has 0 heterocycles. The smallest absolute Gasteiger partial charge is 0.232 e. The zero-order chi connectivity index (χ0) is 11.4. The number of hydrogen-bond donors (Lipinski definition) is 2. The highest BCUT2D eigenvalue weighted by atomic mass is 35.5. The third kappa shape index (κ3) is 3.72. The van der Waals surface area contributed by atoms with Crippen LogP contribution in [0.1, 0.15) is 12.5 Å². The maximum atomic E-state index is 12.8. The number of hydrogen-bond acceptors (Lipinski definition) is 2. The van der Waals surface area contributed by atoms with Gasteiger partial charge in [0.15, 0.2) is 0 Å². The van der Waals surface area contributed by atoms with Gasteiger partial charge in [0, 0.05) is 6.54 Å². The molecule has 0 aromatic heterocycles. The summed E-state index contributed by atoms with van der Waals surface area (Å²) < 4.78 is 12.8. The molecule has 1 unspecified atom stereocenters. The minimum atomic E-state index is -0.464. The Bertz CT molecular complexity index is 370. The van der Waals surface area contributed by atoms with Crippen LogP contribution in [0.2, 0.25) is 5.02 Å². The van der Waals surface area contributed by atoms with Crippen molar-refractivity contribution in [2.24, 2.45) is 0 Å². The van der Waals surface area contributed by atoms with Crippen LogP contribution in [-0.4, -0.2) is 11.2 Å². The largest absolute Gasteiger partial charge is 0.351 e. The highest BCUT2D eigenvalue weighted by molar-refractivity contribution is 7.81. The monoisotopic (exact) mass is 247 g/mol. The summed E-state index contributed by atoms with van der Waals surface area (Å²) in [6.07, 6.45) is 0. The highest BCUT2D eigenvalue weighted by Gasteiger charge is 2.07. The van der Waals surface area contributed by atoms with E-state index in [1.807, 2.05) is 0 Å². The molecule has 0 fully saturated rings. The van der Waals surface area contributed by atoms with E-state index in [0.717, 1.165) is 5.56 Å². The highest BCUT2D eigenvalue weighted by Crippen LogP contribution is 2.15.